The summed E-state index contributed by atoms with van der Waals surface area (Å²) in [5.74, 6) is 1.92. The lowest BCUT2D eigenvalue weighted by molar-refractivity contribution is 0.494. The molecule has 12 aromatic carbocycles. The highest BCUT2D eigenvalue weighted by molar-refractivity contribution is 7.34. The van der Waals surface area contributed by atoms with E-state index in [1.165, 1.54) is 214 Å². The number of hydrogen-bond acceptors (Lipinski definition) is 8. The number of benzene rings is 12. The van der Waals surface area contributed by atoms with Crippen LogP contribution in [0, 0.1) is 62.3 Å². The van der Waals surface area contributed by atoms with E-state index in [9.17, 15) is 0 Å². The average Bonchev–Trinajstić information content (AvgIpc) is 1.30. The summed E-state index contributed by atoms with van der Waals surface area (Å²) in [5, 5.41) is 2.48. The van der Waals surface area contributed by atoms with Gasteiger partial charge in [0.1, 0.15) is 11.5 Å². The van der Waals surface area contributed by atoms with Gasteiger partial charge in [-0.15, -0.1) is 22.7 Å². The fourth-order valence-corrected chi connectivity index (χ4v) is 23.2. The van der Waals surface area contributed by atoms with Crippen LogP contribution in [-0.4, -0.2) is 20.1 Å². The van der Waals surface area contributed by atoms with Crippen molar-refractivity contribution in [2.75, 3.05) is 24.5 Å². The van der Waals surface area contributed by atoms with Crippen molar-refractivity contribution >= 4 is 196 Å². The van der Waals surface area contributed by atoms with E-state index in [-0.39, 0.29) is 47.2 Å². The smallest absolute Gasteiger partial charge is 0.268 e. The minimum absolute atomic E-state index is 0.0268. The molecular weight excluding hydrogens is 1440 g/mol. The highest BCUT2D eigenvalue weighted by Crippen LogP contribution is 2.55. The third kappa shape index (κ3) is 11.2. The summed E-state index contributed by atoms with van der Waals surface area (Å²) in [6.45, 7) is 55.3. The van der Waals surface area contributed by atoms with E-state index in [2.05, 4.69) is 385 Å². The molecule has 6 aliphatic rings. The molecule has 0 fully saturated rings. The van der Waals surface area contributed by atoms with Gasteiger partial charge in [-0.25, -0.2) is 0 Å². The van der Waals surface area contributed by atoms with Crippen molar-refractivity contribution in [2.45, 2.75) is 193 Å². The van der Waals surface area contributed by atoms with Gasteiger partial charge in [-0.1, -0.05) is 200 Å². The molecule has 0 saturated carbocycles. The Balaban J connectivity index is 0.944. The number of thiophene rings is 2. The lowest BCUT2D eigenvalue weighted by Gasteiger charge is -2.48. The number of aryl methyl sites for hydroxylation is 9. The van der Waals surface area contributed by atoms with Crippen LogP contribution < -0.4 is 77.0 Å². The molecule has 0 unspecified atom stereocenters. The second kappa shape index (κ2) is 25.3. The number of hydrogen-bond donors (Lipinski definition) is 0. The van der Waals surface area contributed by atoms with E-state index in [0.717, 1.165) is 28.4 Å². The molecular formula is C105H104B3N5OS2. The van der Waals surface area contributed by atoms with Gasteiger partial charge in [0.2, 0.25) is 0 Å². The molecule has 116 heavy (non-hydrogen) atoms. The molecule has 0 saturated heterocycles. The molecule has 576 valence electrons. The first-order valence-electron chi connectivity index (χ1n) is 41.9. The van der Waals surface area contributed by atoms with Gasteiger partial charge in [0.25, 0.3) is 20.1 Å². The minimum Gasteiger partial charge on any atom is -0.457 e. The third-order valence-corrected chi connectivity index (χ3v) is 28.6. The summed E-state index contributed by atoms with van der Waals surface area (Å²) in [7, 11) is 0. The second-order valence-corrected chi connectivity index (χ2v) is 42.2. The van der Waals surface area contributed by atoms with Crippen LogP contribution in [0.4, 0.5) is 85.3 Å². The number of ether oxygens (including phenoxy) is 1. The molecule has 0 atom stereocenters. The van der Waals surface area contributed by atoms with Gasteiger partial charge in [-0.3, -0.25) is 0 Å². The van der Waals surface area contributed by atoms with E-state index in [1.54, 1.807) is 0 Å². The van der Waals surface area contributed by atoms with Crippen molar-refractivity contribution in [1.29, 1.82) is 0 Å². The largest absolute Gasteiger partial charge is 0.457 e. The SMILES string of the molecule is Cc1cc(C)c(N2c3cc4c(cc3B3c5sc6ccc(C(C)(C)C)cc6c5Oc5cc(C)cc2c53)B2c3cc5c(cc3N(c3c(C)cc(C)cc3C)c3cc(C)cc(c32)N4c2ccc(C(C)(C)C)cc2)N(c2ccc(C(C)(C)C)cc2)c2cc(C)cc3c2B5c2sc4ccc(C(C)(C)C)cc4c2N3c2ccc(C(C)(C)C)cc2)c(C)c1. The van der Waals surface area contributed by atoms with E-state index in [0.29, 0.717) is 0 Å². The van der Waals surface area contributed by atoms with Crippen LogP contribution >= 0.6 is 22.7 Å². The van der Waals surface area contributed by atoms with E-state index < -0.39 is 0 Å². The van der Waals surface area contributed by atoms with Crippen LogP contribution in [0.5, 0.6) is 11.5 Å². The molecule has 11 heteroatoms. The van der Waals surface area contributed by atoms with Crippen LogP contribution in [0.15, 0.2) is 194 Å². The fourth-order valence-electron chi connectivity index (χ4n) is 20.7. The Morgan fingerprint density at radius 1 is 0.259 bits per heavy atom. The Morgan fingerprint density at radius 2 is 0.569 bits per heavy atom. The Hall–Kier alpha value is -10.4. The monoisotopic (exact) mass is 1550 g/mol. The van der Waals surface area contributed by atoms with Crippen LogP contribution in [-0.2, 0) is 27.1 Å². The zero-order valence-corrected chi connectivity index (χ0v) is 73.8. The Morgan fingerprint density at radius 3 is 0.991 bits per heavy atom. The van der Waals surface area contributed by atoms with Crippen molar-refractivity contribution in [3.05, 3.63) is 272 Å². The van der Waals surface area contributed by atoms with Gasteiger partial charge < -0.3 is 29.2 Å². The van der Waals surface area contributed by atoms with Crippen molar-refractivity contribution in [3.63, 3.8) is 0 Å². The predicted molar refractivity (Wildman–Crippen MR) is 507 cm³/mol. The van der Waals surface area contributed by atoms with Crippen LogP contribution in [0.1, 0.15) is 182 Å². The standard InChI is InChI=1S/C105H104B3N5OS2/c1-57-41-62(6)95(63(7)42-57)112-82-56-81-78(107-93-85(110(81)72-35-27-67(28-36-72)102(13,14)15)46-59(3)47-86(93)111(73-37-29-68(30-38-73)103(16,17)18)97-74-51-69(104(19,20)21)31-39-90(74)115-99(97)107)54-77(82)106-76-53-79-83(55-80(76)109(84-45-60(4)48-87(112)92(84)106)71-33-25-66(26-34-71)101(10,11)12)113(96-64(8)43-58(2)44-65(96)9)88-49-61(5)50-89-94(88)108(79)100-98(114-89)75-52-70(105(22,23)24)32-40-91(75)116-100/h25-56H,1-24H3. The maximum Gasteiger partial charge on any atom is 0.268 e. The molecule has 6 nitrogen and oxygen atoms in total. The maximum absolute atomic E-state index is 7.63. The van der Waals surface area contributed by atoms with Gasteiger partial charge in [0, 0.05) is 98.0 Å². The van der Waals surface area contributed by atoms with Crippen LogP contribution in [0.2, 0.25) is 0 Å². The normalized spacial score (nSPS) is 14.5. The number of rotatable bonds is 5. The van der Waals surface area contributed by atoms with Gasteiger partial charge >= 0.3 is 0 Å². The van der Waals surface area contributed by atoms with E-state index >= 15 is 0 Å². The van der Waals surface area contributed by atoms with Gasteiger partial charge in [0.15, 0.2) is 0 Å². The predicted octanol–water partition coefficient (Wildman–Crippen LogP) is 23.9. The van der Waals surface area contributed by atoms with Crippen molar-refractivity contribution in [1.82, 2.24) is 0 Å². The number of fused-ring (bicyclic) bond motifs is 16. The molecule has 0 amide bonds. The summed E-state index contributed by atoms with van der Waals surface area (Å²) < 4.78 is 12.8. The Kier molecular flexibility index (Phi) is 16.2. The van der Waals surface area contributed by atoms with Gasteiger partial charge in [0.05, 0.1) is 17.1 Å². The Labute approximate surface area is 697 Å². The van der Waals surface area contributed by atoms with Crippen molar-refractivity contribution in [3.8, 4) is 11.5 Å². The summed E-state index contributed by atoms with van der Waals surface area (Å²) in [6.07, 6.45) is 0. The van der Waals surface area contributed by atoms with E-state index in [4.69, 9.17) is 4.74 Å². The Bertz CT molecular complexity index is 6560. The highest BCUT2D eigenvalue weighted by Gasteiger charge is 2.53. The first-order chi connectivity index (χ1) is 54.9. The zero-order valence-electron chi connectivity index (χ0n) is 72.2. The molecule has 0 N–H and O–H groups in total. The van der Waals surface area contributed by atoms with Crippen LogP contribution in [0.25, 0.3) is 20.2 Å². The first-order valence-corrected chi connectivity index (χ1v) is 43.6. The van der Waals surface area contributed by atoms with Crippen molar-refractivity contribution in [2.24, 2.45) is 0 Å². The fraction of sp³-hybridized carbons (Fsp3) is 0.276. The summed E-state index contributed by atoms with van der Waals surface area (Å²) in [6, 6.07) is 78.7. The molecule has 14 aromatic rings. The first kappa shape index (κ1) is 74.4. The second-order valence-electron chi connectivity index (χ2n) is 40.1. The van der Waals surface area contributed by atoms with E-state index in [1.807, 2.05) is 22.7 Å². The molecule has 0 bridgehead atoms. The zero-order chi connectivity index (χ0) is 81.3. The summed E-state index contributed by atoms with van der Waals surface area (Å²) in [4.78, 5) is 13.4. The molecule has 0 spiro atoms. The van der Waals surface area contributed by atoms with Gasteiger partial charge in [-0.05, 0) is 304 Å². The number of anilines is 15. The third-order valence-electron chi connectivity index (χ3n) is 26.2. The summed E-state index contributed by atoms with van der Waals surface area (Å²) >= 11 is 3.92. The maximum atomic E-state index is 7.63. The lowest BCUT2D eigenvalue weighted by Crippen LogP contribution is -2.66. The molecule has 6 aliphatic heterocycles. The summed E-state index contributed by atoms with van der Waals surface area (Å²) in [5.41, 5.74) is 44.2. The minimum atomic E-state index is -0.268. The highest BCUT2D eigenvalue weighted by atomic mass is 32.1. The molecule has 0 radical (unpaired) electrons. The topological polar surface area (TPSA) is 25.4 Å². The van der Waals surface area contributed by atoms with Crippen LogP contribution in [0.3, 0.4) is 0 Å². The lowest BCUT2D eigenvalue weighted by atomic mass is 9.30. The van der Waals surface area contributed by atoms with Crippen molar-refractivity contribution < 1.29 is 4.74 Å². The molecule has 8 heterocycles. The molecule has 2 aromatic heterocycles. The molecule has 20 rings (SSSR count). The number of nitrogens with zero attached hydrogens (tertiary/aromatic N) is 5. The quantitative estimate of drug-likeness (QED) is 0.159. The van der Waals surface area contributed by atoms with Gasteiger partial charge in [-0.2, -0.15) is 0 Å². The molecule has 0 aliphatic carbocycles. The average molecular weight is 1550 g/mol.